The predicted octanol–water partition coefficient (Wildman–Crippen LogP) is 3.95. The first-order valence-electron chi connectivity index (χ1n) is 7.24. The Balaban J connectivity index is 3.25. The van der Waals surface area contributed by atoms with Gasteiger partial charge in [0.2, 0.25) is 0 Å². The zero-order valence-electron chi connectivity index (χ0n) is 13.3. The van der Waals surface area contributed by atoms with Crippen LogP contribution in [-0.4, -0.2) is 19.0 Å². The molecule has 1 aromatic carbocycles. The SMILES string of the molecule is C=C(/C=C(/C(=O)CCC)N(C)c1cccc(CN)c1)C(F)(F)F. The maximum Gasteiger partial charge on any atom is 0.415 e. The van der Waals surface area contributed by atoms with Gasteiger partial charge in [-0.2, -0.15) is 13.2 Å². The van der Waals surface area contributed by atoms with E-state index in [1.807, 2.05) is 6.07 Å². The first-order valence-corrected chi connectivity index (χ1v) is 7.24. The number of Topliss-reactive ketones (excluding diaryl/α,β-unsaturated/α-hetero) is 1. The average molecular weight is 326 g/mol. The van der Waals surface area contributed by atoms with E-state index in [2.05, 4.69) is 6.58 Å². The number of rotatable bonds is 7. The van der Waals surface area contributed by atoms with Gasteiger partial charge in [-0.3, -0.25) is 4.79 Å². The van der Waals surface area contributed by atoms with E-state index in [1.165, 1.54) is 4.90 Å². The Morgan fingerprint density at radius 1 is 1.39 bits per heavy atom. The number of carbonyl (C=O) groups excluding carboxylic acids is 1. The van der Waals surface area contributed by atoms with Gasteiger partial charge in [-0.1, -0.05) is 25.6 Å². The molecule has 0 aliphatic heterocycles. The smallest absolute Gasteiger partial charge is 0.342 e. The van der Waals surface area contributed by atoms with Crippen LogP contribution in [0.25, 0.3) is 0 Å². The lowest BCUT2D eigenvalue weighted by Gasteiger charge is -2.23. The van der Waals surface area contributed by atoms with E-state index in [0.717, 1.165) is 11.6 Å². The highest BCUT2D eigenvalue weighted by molar-refractivity contribution is 5.99. The lowest BCUT2D eigenvalue weighted by atomic mass is 10.1. The second-order valence-electron chi connectivity index (χ2n) is 5.16. The number of allylic oxidation sites excluding steroid dienone is 3. The number of hydrogen-bond acceptors (Lipinski definition) is 3. The molecule has 0 radical (unpaired) electrons. The lowest BCUT2D eigenvalue weighted by Crippen LogP contribution is -2.24. The number of anilines is 1. The second kappa shape index (κ2) is 7.97. The molecule has 0 unspecified atom stereocenters. The maximum absolute atomic E-state index is 12.8. The van der Waals surface area contributed by atoms with Crippen molar-refractivity contribution in [2.24, 2.45) is 5.73 Å². The molecule has 0 heterocycles. The van der Waals surface area contributed by atoms with Gasteiger partial charge in [0.1, 0.15) is 0 Å². The molecular weight excluding hydrogens is 305 g/mol. The van der Waals surface area contributed by atoms with Crippen LogP contribution in [0.4, 0.5) is 18.9 Å². The molecule has 23 heavy (non-hydrogen) atoms. The lowest BCUT2D eigenvalue weighted by molar-refractivity contribution is -0.115. The quantitative estimate of drug-likeness (QED) is 0.609. The Labute approximate surface area is 134 Å². The molecule has 2 N–H and O–H groups in total. The van der Waals surface area contributed by atoms with Gasteiger partial charge in [-0.15, -0.1) is 0 Å². The number of nitrogens with two attached hydrogens (primary N) is 1. The van der Waals surface area contributed by atoms with Crippen molar-refractivity contribution < 1.29 is 18.0 Å². The molecule has 0 aliphatic rings. The summed E-state index contributed by atoms with van der Waals surface area (Å²) in [4.78, 5) is 13.7. The van der Waals surface area contributed by atoms with Crippen molar-refractivity contribution >= 4 is 11.5 Å². The number of halogens is 3. The van der Waals surface area contributed by atoms with E-state index in [4.69, 9.17) is 5.73 Å². The van der Waals surface area contributed by atoms with Crippen molar-refractivity contribution in [1.29, 1.82) is 0 Å². The molecule has 1 aromatic rings. The first-order chi connectivity index (χ1) is 10.7. The van der Waals surface area contributed by atoms with Gasteiger partial charge in [-0.05, 0) is 30.2 Å². The molecule has 0 fully saturated rings. The van der Waals surface area contributed by atoms with Crippen molar-refractivity contribution in [3.05, 3.63) is 53.8 Å². The molecule has 0 spiro atoms. The summed E-state index contributed by atoms with van der Waals surface area (Å²) < 4.78 is 38.3. The number of hydrogen-bond donors (Lipinski definition) is 1. The number of carbonyl (C=O) groups is 1. The number of ketones is 1. The Morgan fingerprint density at radius 2 is 2.04 bits per heavy atom. The molecule has 0 aliphatic carbocycles. The zero-order valence-corrected chi connectivity index (χ0v) is 13.3. The summed E-state index contributed by atoms with van der Waals surface area (Å²) in [5.74, 6) is -0.362. The van der Waals surface area contributed by atoms with Gasteiger partial charge in [0, 0.05) is 25.7 Å². The van der Waals surface area contributed by atoms with Crippen molar-refractivity contribution in [2.75, 3.05) is 11.9 Å². The van der Waals surface area contributed by atoms with E-state index in [1.54, 1.807) is 32.2 Å². The first kappa shape index (κ1) is 19.0. The fourth-order valence-electron chi connectivity index (χ4n) is 2.00. The molecule has 126 valence electrons. The highest BCUT2D eigenvalue weighted by Crippen LogP contribution is 2.28. The number of likely N-dealkylation sites (N-methyl/N-ethyl adjacent to an activating group) is 1. The summed E-state index contributed by atoms with van der Waals surface area (Å²) in [5.41, 5.74) is 5.90. The van der Waals surface area contributed by atoms with Crippen LogP contribution in [0.15, 0.2) is 48.2 Å². The molecule has 0 saturated carbocycles. The summed E-state index contributed by atoms with van der Waals surface area (Å²) >= 11 is 0. The van der Waals surface area contributed by atoms with Crippen LogP contribution >= 0.6 is 0 Å². The Kier molecular flexibility index (Phi) is 6.57. The minimum Gasteiger partial charge on any atom is -0.342 e. The summed E-state index contributed by atoms with van der Waals surface area (Å²) in [7, 11) is 1.55. The largest absolute Gasteiger partial charge is 0.415 e. The fraction of sp³-hybridized carbons (Fsp3) is 0.353. The zero-order chi connectivity index (χ0) is 17.6. The third kappa shape index (κ3) is 5.25. The number of alkyl halides is 3. The van der Waals surface area contributed by atoms with Gasteiger partial charge in [-0.25, -0.2) is 0 Å². The van der Waals surface area contributed by atoms with Crippen molar-refractivity contribution in [2.45, 2.75) is 32.5 Å². The van der Waals surface area contributed by atoms with Crippen LogP contribution in [0.2, 0.25) is 0 Å². The van der Waals surface area contributed by atoms with Gasteiger partial charge in [0.05, 0.1) is 11.3 Å². The molecule has 0 saturated heterocycles. The highest BCUT2D eigenvalue weighted by Gasteiger charge is 2.31. The minimum atomic E-state index is -4.57. The number of benzene rings is 1. The van der Waals surface area contributed by atoms with Crippen LogP contribution in [0, 0.1) is 0 Å². The van der Waals surface area contributed by atoms with Crippen LogP contribution < -0.4 is 10.6 Å². The highest BCUT2D eigenvalue weighted by atomic mass is 19.4. The number of nitrogens with zero attached hydrogens (tertiary/aromatic N) is 1. The third-order valence-electron chi connectivity index (χ3n) is 3.33. The van der Waals surface area contributed by atoms with E-state index >= 15 is 0 Å². The van der Waals surface area contributed by atoms with Crippen molar-refractivity contribution in [3.63, 3.8) is 0 Å². The summed E-state index contributed by atoms with van der Waals surface area (Å²) in [6.45, 7) is 5.12. The molecular formula is C17H21F3N2O. The molecule has 6 heteroatoms. The predicted molar refractivity (Wildman–Crippen MR) is 85.9 cm³/mol. The van der Waals surface area contributed by atoms with E-state index in [9.17, 15) is 18.0 Å². The Morgan fingerprint density at radius 3 is 2.57 bits per heavy atom. The van der Waals surface area contributed by atoms with Crippen molar-refractivity contribution in [1.82, 2.24) is 0 Å². The fourth-order valence-corrected chi connectivity index (χ4v) is 2.00. The molecule has 0 atom stereocenters. The summed E-state index contributed by atoms with van der Waals surface area (Å²) in [5, 5.41) is 0. The molecule has 0 bridgehead atoms. The van der Waals surface area contributed by atoms with Gasteiger partial charge < -0.3 is 10.6 Å². The molecule has 0 aromatic heterocycles. The monoisotopic (exact) mass is 326 g/mol. The van der Waals surface area contributed by atoms with Crippen molar-refractivity contribution in [3.8, 4) is 0 Å². The van der Waals surface area contributed by atoms with Gasteiger partial charge in [0.15, 0.2) is 5.78 Å². The van der Waals surface area contributed by atoms with E-state index in [-0.39, 0.29) is 17.9 Å². The standard InChI is InChI=1S/C17H21F3N2O/c1-4-6-16(23)15(9-12(2)17(18,19)20)22(3)14-8-5-7-13(10-14)11-21/h5,7-10H,2,4,6,11,21H2,1,3H3/b15-9-. The average Bonchev–Trinajstić information content (AvgIpc) is 2.50. The molecule has 1 rings (SSSR count). The van der Waals surface area contributed by atoms with E-state index in [0.29, 0.717) is 18.7 Å². The van der Waals surface area contributed by atoms with Crippen LogP contribution in [0.3, 0.4) is 0 Å². The van der Waals surface area contributed by atoms with Gasteiger partial charge >= 0.3 is 6.18 Å². The summed E-state index contributed by atoms with van der Waals surface area (Å²) in [6.07, 6.45) is -3.06. The van der Waals surface area contributed by atoms with Crippen LogP contribution in [0.1, 0.15) is 25.3 Å². The second-order valence-corrected chi connectivity index (χ2v) is 5.16. The van der Waals surface area contributed by atoms with E-state index < -0.39 is 11.7 Å². The Bertz CT molecular complexity index is 606. The maximum atomic E-state index is 12.8. The molecule has 3 nitrogen and oxygen atoms in total. The van der Waals surface area contributed by atoms with Gasteiger partial charge in [0.25, 0.3) is 0 Å². The topological polar surface area (TPSA) is 46.3 Å². The minimum absolute atomic E-state index is 0.0386. The normalized spacial score (nSPS) is 12.2. The third-order valence-corrected chi connectivity index (χ3v) is 3.33. The van der Waals surface area contributed by atoms with Crippen LogP contribution in [-0.2, 0) is 11.3 Å². The molecule has 0 amide bonds. The van der Waals surface area contributed by atoms with Crippen LogP contribution in [0.5, 0.6) is 0 Å². The Hall–Kier alpha value is -2.08. The summed E-state index contributed by atoms with van der Waals surface area (Å²) in [6, 6.07) is 7.00.